The smallest absolute Gasteiger partial charge is 0.305 e. The highest BCUT2D eigenvalue weighted by atomic mass is 19.1. The Bertz CT molecular complexity index is 1000. The van der Waals surface area contributed by atoms with E-state index in [1.54, 1.807) is 12.1 Å². The van der Waals surface area contributed by atoms with Gasteiger partial charge in [-0.3, -0.25) is 4.79 Å². The number of carboxylic acids is 1. The molecule has 1 saturated carbocycles. The number of fused-ring (bicyclic) bond motifs is 1. The van der Waals surface area contributed by atoms with Gasteiger partial charge in [-0.05, 0) is 49.2 Å². The fourth-order valence-electron chi connectivity index (χ4n) is 4.08. The predicted octanol–water partition coefficient (Wildman–Crippen LogP) is 5.05. The third kappa shape index (κ3) is 4.36. The maximum absolute atomic E-state index is 13.4. The van der Waals surface area contributed by atoms with E-state index < -0.39 is 5.97 Å². The molecule has 0 aliphatic heterocycles. The standard InChI is InChI=1S/C23H24FN3O2/c24-17-12-10-16(11-13-17)22-25-20-9-5-4-8-19(20)23(26-22)27(15-14-21(28)29)18-6-2-1-3-7-18/h4-5,8-13,18H,1-3,6-7,14-15H2,(H,28,29). The predicted molar refractivity (Wildman–Crippen MR) is 111 cm³/mol. The van der Waals surface area contributed by atoms with E-state index in [1.807, 2.05) is 24.3 Å². The Kier molecular flexibility index (Phi) is 5.69. The Balaban J connectivity index is 1.83. The van der Waals surface area contributed by atoms with Crippen molar-refractivity contribution in [3.8, 4) is 11.4 Å². The first-order valence-electron chi connectivity index (χ1n) is 10.1. The molecule has 0 atom stereocenters. The lowest BCUT2D eigenvalue weighted by Gasteiger charge is -2.35. The van der Waals surface area contributed by atoms with E-state index in [4.69, 9.17) is 4.98 Å². The highest BCUT2D eigenvalue weighted by molar-refractivity contribution is 5.91. The molecule has 0 saturated heterocycles. The van der Waals surface area contributed by atoms with Crippen LogP contribution in [-0.4, -0.2) is 33.6 Å². The molecule has 0 bridgehead atoms. The zero-order valence-corrected chi connectivity index (χ0v) is 16.2. The van der Waals surface area contributed by atoms with E-state index in [-0.39, 0.29) is 18.3 Å². The molecule has 5 nitrogen and oxygen atoms in total. The largest absolute Gasteiger partial charge is 0.481 e. The van der Waals surface area contributed by atoms with Crippen LogP contribution in [0.5, 0.6) is 0 Å². The van der Waals surface area contributed by atoms with Crippen LogP contribution in [0.3, 0.4) is 0 Å². The third-order valence-electron chi connectivity index (χ3n) is 5.54. The summed E-state index contributed by atoms with van der Waals surface area (Å²) in [6.45, 7) is 0.407. The lowest BCUT2D eigenvalue weighted by atomic mass is 9.93. The van der Waals surface area contributed by atoms with E-state index in [9.17, 15) is 14.3 Å². The summed E-state index contributed by atoms with van der Waals surface area (Å²) in [5.74, 6) is 0.167. The Labute approximate surface area is 169 Å². The number of nitrogens with zero attached hydrogens (tertiary/aromatic N) is 3. The second-order valence-corrected chi connectivity index (χ2v) is 7.52. The molecule has 0 radical (unpaired) electrons. The number of anilines is 1. The zero-order valence-electron chi connectivity index (χ0n) is 16.2. The summed E-state index contributed by atoms with van der Waals surface area (Å²) in [4.78, 5) is 23.0. The molecule has 0 amide bonds. The Morgan fingerprint density at radius 2 is 1.76 bits per heavy atom. The molecule has 1 aromatic heterocycles. The van der Waals surface area contributed by atoms with Gasteiger partial charge in [0.25, 0.3) is 0 Å². The van der Waals surface area contributed by atoms with E-state index in [0.717, 1.165) is 48.0 Å². The first-order valence-corrected chi connectivity index (χ1v) is 10.1. The quantitative estimate of drug-likeness (QED) is 0.635. The molecule has 2 aromatic carbocycles. The van der Waals surface area contributed by atoms with Crippen molar-refractivity contribution in [2.75, 3.05) is 11.4 Å². The molecule has 0 spiro atoms. The van der Waals surface area contributed by atoms with Crippen molar-refractivity contribution in [3.05, 3.63) is 54.3 Å². The molecule has 1 N–H and O–H groups in total. The second-order valence-electron chi connectivity index (χ2n) is 7.52. The molecular formula is C23H24FN3O2. The summed E-state index contributed by atoms with van der Waals surface area (Å²) in [5.41, 5.74) is 1.54. The van der Waals surface area contributed by atoms with Gasteiger partial charge in [-0.15, -0.1) is 0 Å². The SMILES string of the molecule is O=C(O)CCN(c1nc(-c2ccc(F)cc2)nc2ccccc12)C1CCCCC1. The van der Waals surface area contributed by atoms with Crippen LogP contribution in [0.25, 0.3) is 22.3 Å². The van der Waals surface area contributed by atoms with Crippen molar-refractivity contribution in [3.63, 3.8) is 0 Å². The van der Waals surface area contributed by atoms with Crippen LogP contribution < -0.4 is 4.90 Å². The summed E-state index contributed by atoms with van der Waals surface area (Å²) in [5, 5.41) is 10.2. The molecule has 4 rings (SSSR count). The zero-order chi connectivity index (χ0) is 20.2. The van der Waals surface area contributed by atoms with E-state index >= 15 is 0 Å². The minimum atomic E-state index is -0.817. The molecule has 0 unspecified atom stereocenters. The summed E-state index contributed by atoms with van der Waals surface area (Å²) in [6, 6.07) is 14.2. The Hall–Kier alpha value is -3.02. The number of aliphatic carboxylic acids is 1. The number of aromatic nitrogens is 2. The van der Waals surface area contributed by atoms with Crippen molar-refractivity contribution in [2.24, 2.45) is 0 Å². The minimum absolute atomic E-state index is 0.0563. The first kappa shape index (κ1) is 19.3. The normalized spacial score (nSPS) is 14.8. The number of benzene rings is 2. The fourth-order valence-corrected chi connectivity index (χ4v) is 4.08. The average molecular weight is 393 g/mol. The molecule has 1 aliphatic carbocycles. The van der Waals surface area contributed by atoms with Crippen molar-refractivity contribution >= 4 is 22.7 Å². The van der Waals surface area contributed by atoms with Crippen LogP contribution in [0.1, 0.15) is 38.5 Å². The number of carboxylic acid groups (broad SMARTS) is 1. The maximum atomic E-state index is 13.4. The van der Waals surface area contributed by atoms with E-state index in [2.05, 4.69) is 9.88 Å². The Morgan fingerprint density at radius 3 is 2.48 bits per heavy atom. The number of hydrogen-bond acceptors (Lipinski definition) is 4. The van der Waals surface area contributed by atoms with E-state index in [1.165, 1.54) is 18.6 Å². The number of para-hydroxylation sites is 1. The number of hydrogen-bond donors (Lipinski definition) is 1. The van der Waals surface area contributed by atoms with Crippen molar-refractivity contribution < 1.29 is 14.3 Å². The highest BCUT2D eigenvalue weighted by Crippen LogP contribution is 2.32. The fraction of sp³-hybridized carbons (Fsp3) is 0.348. The van der Waals surface area contributed by atoms with Gasteiger partial charge in [0.1, 0.15) is 11.6 Å². The summed E-state index contributed by atoms with van der Waals surface area (Å²) in [6.07, 6.45) is 5.62. The monoisotopic (exact) mass is 393 g/mol. The Morgan fingerprint density at radius 1 is 1.03 bits per heavy atom. The van der Waals surface area contributed by atoms with Crippen LogP contribution in [0, 0.1) is 5.82 Å². The summed E-state index contributed by atoms with van der Waals surface area (Å²) < 4.78 is 13.4. The highest BCUT2D eigenvalue weighted by Gasteiger charge is 2.25. The molecule has 29 heavy (non-hydrogen) atoms. The van der Waals surface area contributed by atoms with Crippen molar-refractivity contribution in [2.45, 2.75) is 44.6 Å². The van der Waals surface area contributed by atoms with Crippen LogP contribution in [0.15, 0.2) is 48.5 Å². The van der Waals surface area contributed by atoms with Crippen LogP contribution in [0.4, 0.5) is 10.2 Å². The van der Waals surface area contributed by atoms with Crippen molar-refractivity contribution in [1.29, 1.82) is 0 Å². The maximum Gasteiger partial charge on any atom is 0.305 e. The van der Waals surface area contributed by atoms with Crippen LogP contribution in [0.2, 0.25) is 0 Å². The third-order valence-corrected chi connectivity index (χ3v) is 5.54. The average Bonchev–Trinajstić information content (AvgIpc) is 2.75. The molecular weight excluding hydrogens is 369 g/mol. The van der Waals surface area contributed by atoms with Gasteiger partial charge in [0.15, 0.2) is 5.82 Å². The van der Waals surface area contributed by atoms with Gasteiger partial charge < -0.3 is 10.0 Å². The summed E-state index contributed by atoms with van der Waals surface area (Å²) >= 11 is 0. The van der Waals surface area contributed by atoms with Crippen molar-refractivity contribution in [1.82, 2.24) is 9.97 Å². The molecule has 150 valence electrons. The van der Waals surface area contributed by atoms with Gasteiger partial charge in [0.2, 0.25) is 0 Å². The molecule has 3 aromatic rings. The minimum Gasteiger partial charge on any atom is -0.481 e. The molecule has 1 heterocycles. The lowest BCUT2D eigenvalue weighted by molar-refractivity contribution is -0.136. The molecule has 6 heteroatoms. The van der Waals surface area contributed by atoms with Gasteiger partial charge in [0, 0.05) is 23.5 Å². The first-order chi connectivity index (χ1) is 14.1. The van der Waals surface area contributed by atoms with E-state index in [0.29, 0.717) is 12.4 Å². The molecule has 1 aliphatic rings. The number of rotatable bonds is 6. The topological polar surface area (TPSA) is 66.3 Å². The van der Waals surface area contributed by atoms with Gasteiger partial charge in [-0.25, -0.2) is 14.4 Å². The second kappa shape index (κ2) is 8.55. The lowest BCUT2D eigenvalue weighted by Crippen LogP contribution is -2.39. The molecule has 1 fully saturated rings. The van der Waals surface area contributed by atoms with Gasteiger partial charge in [-0.1, -0.05) is 31.4 Å². The summed E-state index contributed by atoms with van der Waals surface area (Å²) in [7, 11) is 0. The van der Waals surface area contributed by atoms with Crippen LogP contribution in [-0.2, 0) is 4.79 Å². The van der Waals surface area contributed by atoms with Gasteiger partial charge >= 0.3 is 5.97 Å². The van der Waals surface area contributed by atoms with Gasteiger partial charge in [-0.2, -0.15) is 0 Å². The number of halogens is 1. The number of carbonyl (C=O) groups is 1. The van der Waals surface area contributed by atoms with Crippen LogP contribution >= 0.6 is 0 Å². The van der Waals surface area contributed by atoms with Gasteiger partial charge in [0.05, 0.1) is 11.9 Å².